The Morgan fingerprint density at radius 3 is 3.15 bits per heavy atom. The number of hydrogen-bond donors (Lipinski definition) is 0. The smallest absolute Gasteiger partial charge is 0.309 e. The molecule has 72 valence electrons. The molecule has 1 aliphatic heterocycles. The summed E-state index contributed by atoms with van der Waals surface area (Å²) < 4.78 is 10.3. The average molecular weight is 182 g/mol. The summed E-state index contributed by atoms with van der Waals surface area (Å²) in [6.07, 6.45) is 4.52. The molecule has 1 saturated heterocycles. The summed E-state index contributed by atoms with van der Waals surface area (Å²) >= 11 is 0. The van der Waals surface area contributed by atoms with Crippen molar-refractivity contribution in [1.29, 1.82) is 0 Å². The molecule has 2 fully saturated rings. The molecule has 2 rings (SSSR count). The van der Waals surface area contributed by atoms with Gasteiger partial charge in [0.25, 0.3) is 0 Å². The summed E-state index contributed by atoms with van der Waals surface area (Å²) in [7, 11) is 0. The van der Waals surface area contributed by atoms with E-state index in [1.807, 2.05) is 0 Å². The van der Waals surface area contributed by atoms with Gasteiger partial charge in [-0.1, -0.05) is 6.58 Å². The Morgan fingerprint density at radius 2 is 2.38 bits per heavy atom. The zero-order valence-corrected chi connectivity index (χ0v) is 7.57. The van der Waals surface area contributed by atoms with E-state index in [0.717, 1.165) is 19.3 Å². The van der Waals surface area contributed by atoms with E-state index in [2.05, 4.69) is 6.58 Å². The molecule has 0 aromatic carbocycles. The summed E-state index contributed by atoms with van der Waals surface area (Å²) in [6.45, 7) is 4.12. The van der Waals surface area contributed by atoms with E-state index in [1.165, 1.54) is 6.26 Å². The zero-order valence-electron chi connectivity index (χ0n) is 7.57. The van der Waals surface area contributed by atoms with Crippen LogP contribution in [0, 0.1) is 11.8 Å². The first-order chi connectivity index (χ1) is 6.31. The molecule has 0 N–H and O–H groups in total. The lowest BCUT2D eigenvalue weighted by Crippen LogP contribution is -2.29. The van der Waals surface area contributed by atoms with Crippen LogP contribution in [0.2, 0.25) is 0 Å². The third-order valence-electron chi connectivity index (χ3n) is 2.97. The van der Waals surface area contributed by atoms with Gasteiger partial charge in [-0.2, -0.15) is 0 Å². The second-order valence-electron chi connectivity index (χ2n) is 3.73. The molecule has 1 heterocycles. The molecule has 2 aliphatic rings. The van der Waals surface area contributed by atoms with Crippen LogP contribution < -0.4 is 0 Å². The normalized spacial score (nSPS) is 37.8. The Kier molecular flexibility index (Phi) is 2.25. The van der Waals surface area contributed by atoms with Crippen LogP contribution in [-0.2, 0) is 14.3 Å². The Morgan fingerprint density at radius 1 is 1.54 bits per heavy atom. The Labute approximate surface area is 77.7 Å². The minimum Gasteiger partial charge on any atom is -0.499 e. The van der Waals surface area contributed by atoms with Gasteiger partial charge in [0.1, 0.15) is 0 Å². The quantitative estimate of drug-likeness (QED) is 0.479. The summed E-state index contributed by atoms with van der Waals surface area (Å²) in [6, 6.07) is 0. The van der Waals surface area contributed by atoms with Gasteiger partial charge < -0.3 is 9.47 Å². The standard InChI is InChI=1S/C10H14O3/c1-2-12-8-3-4-9-7(5-8)6-13-10(9)11/h2,7-9H,1,3-6H2. The molecule has 3 atom stereocenters. The Hall–Kier alpha value is -0.990. The number of cyclic esters (lactones) is 1. The second kappa shape index (κ2) is 3.40. The van der Waals surface area contributed by atoms with E-state index in [1.54, 1.807) is 0 Å². The van der Waals surface area contributed by atoms with Crippen molar-refractivity contribution in [2.24, 2.45) is 11.8 Å². The molecule has 1 aliphatic carbocycles. The molecule has 0 spiro atoms. The highest BCUT2D eigenvalue weighted by molar-refractivity contribution is 5.74. The van der Waals surface area contributed by atoms with Gasteiger partial charge >= 0.3 is 5.97 Å². The molecule has 3 heteroatoms. The third-order valence-corrected chi connectivity index (χ3v) is 2.97. The number of fused-ring (bicyclic) bond motifs is 1. The summed E-state index contributed by atoms with van der Waals surface area (Å²) in [5, 5.41) is 0. The van der Waals surface area contributed by atoms with Gasteiger partial charge in [0, 0.05) is 5.92 Å². The van der Waals surface area contributed by atoms with Crippen molar-refractivity contribution in [3.8, 4) is 0 Å². The van der Waals surface area contributed by atoms with Gasteiger partial charge in [-0.3, -0.25) is 4.79 Å². The molecular weight excluding hydrogens is 168 g/mol. The molecule has 1 saturated carbocycles. The highest BCUT2D eigenvalue weighted by Crippen LogP contribution is 2.36. The molecule has 0 aromatic rings. The van der Waals surface area contributed by atoms with Crippen molar-refractivity contribution in [1.82, 2.24) is 0 Å². The van der Waals surface area contributed by atoms with Crippen LogP contribution >= 0.6 is 0 Å². The second-order valence-corrected chi connectivity index (χ2v) is 3.73. The van der Waals surface area contributed by atoms with E-state index in [9.17, 15) is 4.79 Å². The fraction of sp³-hybridized carbons (Fsp3) is 0.700. The summed E-state index contributed by atoms with van der Waals surface area (Å²) in [5.41, 5.74) is 0. The fourth-order valence-electron chi connectivity index (χ4n) is 2.27. The van der Waals surface area contributed by atoms with Crippen LogP contribution in [0.1, 0.15) is 19.3 Å². The zero-order chi connectivity index (χ0) is 9.26. The predicted octanol–water partition coefficient (Wildman–Crippen LogP) is 1.49. The van der Waals surface area contributed by atoms with Crippen LogP contribution in [0.4, 0.5) is 0 Å². The highest BCUT2D eigenvalue weighted by atomic mass is 16.5. The van der Waals surface area contributed by atoms with Gasteiger partial charge in [-0.05, 0) is 19.3 Å². The Balaban J connectivity index is 1.95. The molecule has 0 aromatic heterocycles. The number of ether oxygens (including phenoxy) is 2. The fourth-order valence-corrected chi connectivity index (χ4v) is 2.27. The number of carbonyl (C=O) groups excluding carboxylic acids is 1. The Bertz CT molecular complexity index is 224. The SMILES string of the molecule is C=COC1CCC2C(=O)OCC2C1. The lowest BCUT2D eigenvalue weighted by atomic mass is 9.80. The van der Waals surface area contributed by atoms with E-state index < -0.39 is 0 Å². The maximum absolute atomic E-state index is 11.2. The van der Waals surface area contributed by atoms with Crippen LogP contribution in [0.5, 0.6) is 0 Å². The number of rotatable bonds is 2. The van der Waals surface area contributed by atoms with Crippen LogP contribution in [0.15, 0.2) is 12.8 Å². The summed E-state index contributed by atoms with van der Waals surface area (Å²) in [4.78, 5) is 11.2. The summed E-state index contributed by atoms with van der Waals surface area (Å²) in [5.74, 6) is 0.512. The third kappa shape index (κ3) is 1.55. The van der Waals surface area contributed by atoms with Crippen molar-refractivity contribution in [2.45, 2.75) is 25.4 Å². The number of esters is 1. The van der Waals surface area contributed by atoms with Gasteiger partial charge in [-0.15, -0.1) is 0 Å². The molecule has 0 bridgehead atoms. The van der Waals surface area contributed by atoms with Crippen LogP contribution in [-0.4, -0.2) is 18.7 Å². The average Bonchev–Trinajstić information content (AvgIpc) is 2.48. The first-order valence-electron chi connectivity index (χ1n) is 4.74. The molecule has 3 unspecified atom stereocenters. The van der Waals surface area contributed by atoms with Crippen molar-refractivity contribution in [3.63, 3.8) is 0 Å². The first-order valence-corrected chi connectivity index (χ1v) is 4.74. The van der Waals surface area contributed by atoms with Gasteiger partial charge in [0.05, 0.1) is 24.9 Å². The van der Waals surface area contributed by atoms with Crippen molar-refractivity contribution >= 4 is 5.97 Å². The molecule has 0 amide bonds. The van der Waals surface area contributed by atoms with Crippen molar-refractivity contribution < 1.29 is 14.3 Å². The van der Waals surface area contributed by atoms with Crippen LogP contribution in [0.25, 0.3) is 0 Å². The molecular formula is C10H14O3. The maximum atomic E-state index is 11.2. The number of hydrogen-bond acceptors (Lipinski definition) is 3. The minimum atomic E-state index is -0.0120. The lowest BCUT2D eigenvalue weighted by Gasteiger charge is -2.27. The minimum absolute atomic E-state index is 0.0120. The molecule has 13 heavy (non-hydrogen) atoms. The van der Waals surface area contributed by atoms with E-state index in [4.69, 9.17) is 9.47 Å². The van der Waals surface area contributed by atoms with Crippen molar-refractivity contribution in [2.75, 3.05) is 6.61 Å². The van der Waals surface area contributed by atoms with Crippen LogP contribution in [0.3, 0.4) is 0 Å². The maximum Gasteiger partial charge on any atom is 0.309 e. The molecule has 3 nitrogen and oxygen atoms in total. The highest BCUT2D eigenvalue weighted by Gasteiger charge is 2.41. The van der Waals surface area contributed by atoms with E-state index in [-0.39, 0.29) is 18.0 Å². The topological polar surface area (TPSA) is 35.5 Å². The largest absolute Gasteiger partial charge is 0.499 e. The van der Waals surface area contributed by atoms with E-state index in [0.29, 0.717) is 12.5 Å². The monoisotopic (exact) mass is 182 g/mol. The predicted molar refractivity (Wildman–Crippen MR) is 46.9 cm³/mol. The van der Waals surface area contributed by atoms with Crippen molar-refractivity contribution in [3.05, 3.63) is 12.8 Å². The van der Waals surface area contributed by atoms with Gasteiger partial charge in [0.2, 0.25) is 0 Å². The van der Waals surface area contributed by atoms with Gasteiger partial charge in [0.15, 0.2) is 0 Å². The molecule has 0 radical (unpaired) electrons. The number of carbonyl (C=O) groups is 1. The van der Waals surface area contributed by atoms with E-state index >= 15 is 0 Å². The first kappa shape index (κ1) is 8.60. The lowest BCUT2D eigenvalue weighted by molar-refractivity contribution is -0.141. The van der Waals surface area contributed by atoms with Gasteiger partial charge in [-0.25, -0.2) is 0 Å².